The molecule has 2 aromatic rings. The first-order valence-electron chi connectivity index (χ1n) is 8.09. The van der Waals surface area contributed by atoms with Crippen LogP contribution in [-0.4, -0.2) is 26.1 Å². The van der Waals surface area contributed by atoms with Crippen molar-refractivity contribution in [2.75, 3.05) is 11.1 Å². The van der Waals surface area contributed by atoms with Crippen LogP contribution >= 0.6 is 23.4 Å². The predicted octanol–water partition coefficient (Wildman–Crippen LogP) is 4.39. The van der Waals surface area contributed by atoms with Gasteiger partial charge in [-0.1, -0.05) is 18.5 Å². The Morgan fingerprint density at radius 2 is 1.81 bits per heavy atom. The minimum atomic E-state index is -3.58. The van der Waals surface area contributed by atoms with Crippen molar-refractivity contribution in [2.24, 2.45) is 0 Å². The zero-order valence-electron chi connectivity index (χ0n) is 14.7. The average molecular weight is 413 g/mol. The summed E-state index contributed by atoms with van der Waals surface area (Å²) < 4.78 is 26.8. The quantitative estimate of drug-likeness (QED) is 0.661. The third-order valence-corrected chi connectivity index (χ3v) is 6.17. The Morgan fingerprint density at radius 1 is 1.15 bits per heavy atom. The van der Waals surface area contributed by atoms with E-state index < -0.39 is 10.0 Å². The van der Waals surface area contributed by atoms with Gasteiger partial charge in [0, 0.05) is 21.5 Å². The molecule has 0 saturated carbocycles. The molecule has 0 saturated heterocycles. The van der Waals surface area contributed by atoms with Crippen LogP contribution in [-0.2, 0) is 10.0 Å². The van der Waals surface area contributed by atoms with E-state index in [-0.39, 0.29) is 16.8 Å². The van der Waals surface area contributed by atoms with Crippen LogP contribution in [0.5, 0.6) is 0 Å². The third kappa shape index (κ3) is 5.48. The molecule has 0 spiro atoms. The minimum absolute atomic E-state index is 0.118. The Labute approximate surface area is 163 Å². The Kier molecular flexibility index (Phi) is 7.11. The second-order valence-corrected chi connectivity index (χ2v) is 9.28. The summed E-state index contributed by atoms with van der Waals surface area (Å²) in [5, 5.41) is 3.36. The van der Waals surface area contributed by atoms with Gasteiger partial charge in [0.15, 0.2) is 0 Å². The normalized spacial score (nSPS) is 11.6. The molecule has 2 rings (SSSR count). The summed E-state index contributed by atoms with van der Waals surface area (Å²) in [5.74, 6) is 0.533. The smallest absolute Gasteiger partial charge is 0.255 e. The van der Waals surface area contributed by atoms with Gasteiger partial charge in [-0.15, -0.1) is 11.8 Å². The third-order valence-electron chi connectivity index (χ3n) is 3.31. The van der Waals surface area contributed by atoms with Crippen LogP contribution in [0.2, 0.25) is 5.02 Å². The molecule has 0 heterocycles. The lowest BCUT2D eigenvalue weighted by Gasteiger charge is -2.12. The molecule has 0 aliphatic heterocycles. The minimum Gasteiger partial charge on any atom is -0.321 e. The van der Waals surface area contributed by atoms with E-state index in [1.54, 1.807) is 37.7 Å². The van der Waals surface area contributed by atoms with Gasteiger partial charge in [0.2, 0.25) is 10.0 Å². The van der Waals surface area contributed by atoms with Crippen molar-refractivity contribution >= 4 is 45.0 Å². The summed E-state index contributed by atoms with van der Waals surface area (Å²) in [5.41, 5.74) is 0.994. The summed E-state index contributed by atoms with van der Waals surface area (Å²) in [7, 11) is -3.58. The molecule has 0 aliphatic rings. The number of carbonyl (C=O) groups excluding carboxylic acids is 1. The molecule has 2 N–H and O–H groups in total. The van der Waals surface area contributed by atoms with Crippen LogP contribution in [0.25, 0.3) is 0 Å². The highest BCUT2D eigenvalue weighted by atomic mass is 35.5. The highest BCUT2D eigenvalue weighted by molar-refractivity contribution is 7.99. The second-order valence-electron chi connectivity index (χ2n) is 5.83. The highest BCUT2D eigenvalue weighted by Gasteiger charge is 2.16. The predicted molar refractivity (Wildman–Crippen MR) is 108 cm³/mol. The number of carbonyl (C=O) groups is 1. The molecule has 2 aromatic carbocycles. The fourth-order valence-corrected chi connectivity index (χ4v) is 4.40. The number of sulfonamides is 1. The van der Waals surface area contributed by atoms with E-state index in [9.17, 15) is 13.2 Å². The number of nitrogens with one attached hydrogen (secondary N) is 2. The van der Waals surface area contributed by atoms with Gasteiger partial charge in [-0.05, 0) is 62.1 Å². The Hall–Kier alpha value is -1.54. The molecule has 0 aromatic heterocycles. The molecule has 5 nitrogen and oxygen atoms in total. The standard InChI is InChI=1S/C18H21ClN2O3S2/c1-4-25-17-10-7-14(19)11-16(17)20-18(22)13-5-8-15(9-6-13)26(23,24)21-12(2)3/h5-12,21H,4H2,1-3H3,(H,20,22). The number of hydrogen-bond acceptors (Lipinski definition) is 4. The maximum absolute atomic E-state index is 12.5. The maximum atomic E-state index is 12.5. The van der Waals surface area contributed by atoms with Crippen LogP contribution in [0.1, 0.15) is 31.1 Å². The molecule has 0 aliphatic carbocycles. The number of benzene rings is 2. The fraction of sp³-hybridized carbons (Fsp3) is 0.278. The first-order valence-corrected chi connectivity index (χ1v) is 10.9. The van der Waals surface area contributed by atoms with Gasteiger partial charge < -0.3 is 5.32 Å². The topological polar surface area (TPSA) is 75.3 Å². The van der Waals surface area contributed by atoms with E-state index in [1.807, 2.05) is 13.0 Å². The lowest BCUT2D eigenvalue weighted by molar-refractivity contribution is 0.102. The molecular weight excluding hydrogens is 392 g/mol. The zero-order chi connectivity index (χ0) is 19.3. The van der Waals surface area contributed by atoms with Crippen molar-refractivity contribution in [1.29, 1.82) is 0 Å². The van der Waals surface area contributed by atoms with Gasteiger partial charge in [-0.25, -0.2) is 13.1 Å². The van der Waals surface area contributed by atoms with Crippen molar-refractivity contribution < 1.29 is 13.2 Å². The number of rotatable bonds is 7. The van der Waals surface area contributed by atoms with Crippen molar-refractivity contribution in [3.8, 4) is 0 Å². The molecule has 8 heteroatoms. The Bertz CT molecular complexity index is 882. The van der Waals surface area contributed by atoms with Crippen LogP contribution in [0.4, 0.5) is 5.69 Å². The zero-order valence-corrected chi connectivity index (χ0v) is 17.1. The molecule has 140 valence electrons. The first-order chi connectivity index (χ1) is 12.2. The van der Waals surface area contributed by atoms with Crippen molar-refractivity contribution in [3.63, 3.8) is 0 Å². The lowest BCUT2D eigenvalue weighted by atomic mass is 10.2. The number of thioether (sulfide) groups is 1. The van der Waals surface area contributed by atoms with E-state index in [2.05, 4.69) is 10.0 Å². The average Bonchev–Trinajstić information content (AvgIpc) is 2.56. The van der Waals surface area contributed by atoms with Gasteiger partial charge in [0.05, 0.1) is 10.6 Å². The molecule has 0 radical (unpaired) electrons. The Morgan fingerprint density at radius 3 is 2.38 bits per heavy atom. The van der Waals surface area contributed by atoms with E-state index in [0.29, 0.717) is 16.3 Å². The molecule has 0 atom stereocenters. The van der Waals surface area contributed by atoms with Crippen LogP contribution in [0.15, 0.2) is 52.3 Å². The summed E-state index contributed by atoms with van der Waals surface area (Å²) in [4.78, 5) is 13.5. The van der Waals surface area contributed by atoms with Gasteiger partial charge in [0.25, 0.3) is 5.91 Å². The number of halogens is 1. The van der Waals surface area contributed by atoms with Crippen molar-refractivity contribution in [2.45, 2.75) is 36.6 Å². The Balaban J connectivity index is 2.20. The lowest BCUT2D eigenvalue weighted by Crippen LogP contribution is -2.30. The fourth-order valence-electron chi connectivity index (χ4n) is 2.24. The summed E-state index contributed by atoms with van der Waals surface area (Å²) in [6.07, 6.45) is 0. The molecule has 0 unspecified atom stereocenters. The first kappa shape index (κ1) is 20.8. The molecule has 1 amide bonds. The SMILES string of the molecule is CCSc1ccc(Cl)cc1NC(=O)c1ccc(S(=O)(=O)NC(C)C)cc1. The molecule has 0 fully saturated rings. The summed E-state index contributed by atoms with van der Waals surface area (Å²) in [6, 6.07) is 10.9. The highest BCUT2D eigenvalue weighted by Crippen LogP contribution is 2.30. The van der Waals surface area contributed by atoms with Crippen LogP contribution in [0, 0.1) is 0 Å². The van der Waals surface area contributed by atoms with Crippen molar-refractivity contribution in [3.05, 3.63) is 53.1 Å². The molecular formula is C18H21ClN2O3S2. The number of hydrogen-bond donors (Lipinski definition) is 2. The van der Waals surface area contributed by atoms with Crippen LogP contribution in [0.3, 0.4) is 0 Å². The number of anilines is 1. The monoisotopic (exact) mass is 412 g/mol. The maximum Gasteiger partial charge on any atom is 0.255 e. The van der Waals surface area contributed by atoms with Gasteiger partial charge in [0.1, 0.15) is 0 Å². The number of amides is 1. The van der Waals surface area contributed by atoms with Crippen LogP contribution < -0.4 is 10.0 Å². The van der Waals surface area contributed by atoms with Gasteiger partial charge >= 0.3 is 0 Å². The van der Waals surface area contributed by atoms with E-state index >= 15 is 0 Å². The van der Waals surface area contributed by atoms with Crippen molar-refractivity contribution in [1.82, 2.24) is 4.72 Å². The summed E-state index contributed by atoms with van der Waals surface area (Å²) >= 11 is 7.62. The van der Waals surface area contributed by atoms with E-state index in [0.717, 1.165) is 10.6 Å². The molecule has 26 heavy (non-hydrogen) atoms. The second kappa shape index (κ2) is 8.90. The molecule has 0 bridgehead atoms. The van der Waals surface area contributed by atoms with E-state index in [4.69, 9.17) is 11.6 Å². The summed E-state index contributed by atoms with van der Waals surface area (Å²) in [6.45, 7) is 5.52. The van der Waals surface area contributed by atoms with E-state index in [1.165, 1.54) is 24.3 Å². The largest absolute Gasteiger partial charge is 0.321 e. The van der Waals surface area contributed by atoms with Gasteiger partial charge in [-0.3, -0.25) is 4.79 Å². The van der Waals surface area contributed by atoms with Gasteiger partial charge in [-0.2, -0.15) is 0 Å².